The van der Waals surface area contributed by atoms with Crippen molar-refractivity contribution >= 4 is 11.5 Å². The summed E-state index contributed by atoms with van der Waals surface area (Å²) in [6.07, 6.45) is 1.51. The van der Waals surface area contributed by atoms with Crippen LogP contribution in [0.3, 0.4) is 0 Å². The molecule has 0 saturated heterocycles. The predicted molar refractivity (Wildman–Crippen MR) is 105 cm³/mol. The van der Waals surface area contributed by atoms with E-state index >= 15 is 0 Å². The SMILES string of the molecule is COCC#C/C(=C/C#CC(OC)(C(=O)O)c1cccc(F)c1)c1ccccc1. The van der Waals surface area contributed by atoms with Gasteiger partial charge in [0.1, 0.15) is 12.4 Å². The number of benzene rings is 2. The van der Waals surface area contributed by atoms with Crippen molar-refractivity contribution in [1.82, 2.24) is 0 Å². The van der Waals surface area contributed by atoms with Gasteiger partial charge in [0, 0.05) is 31.4 Å². The number of rotatable bonds is 5. The summed E-state index contributed by atoms with van der Waals surface area (Å²) in [6, 6.07) is 14.5. The average molecular weight is 378 g/mol. The maximum Gasteiger partial charge on any atom is 0.353 e. The summed E-state index contributed by atoms with van der Waals surface area (Å²) in [4.78, 5) is 11.9. The molecule has 1 unspecified atom stereocenters. The van der Waals surface area contributed by atoms with Gasteiger partial charge in [-0.15, -0.1) is 0 Å². The maximum atomic E-state index is 13.6. The number of halogens is 1. The largest absolute Gasteiger partial charge is 0.478 e. The lowest BCUT2D eigenvalue weighted by Gasteiger charge is -2.22. The van der Waals surface area contributed by atoms with E-state index in [-0.39, 0.29) is 12.2 Å². The van der Waals surface area contributed by atoms with E-state index in [2.05, 4.69) is 23.7 Å². The molecule has 2 aromatic carbocycles. The number of carbonyl (C=O) groups is 1. The molecule has 1 atom stereocenters. The molecule has 0 aliphatic heterocycles. The number of aliphatic carboxylic acids is 1. The van der Waals surface area contributed by atoms with Crippen LogP contribution >= 0.6 is 0 Å². The molecule has 1 N–H and O–H groups in total. The molecule has 0 saturated carbocycles. The molecule has 0 aliphatic carbocycles. The summed E-state index contributed by atoms with van der Waals surface area (Å²) < 4.78 is 23.7. The Morgan fingerprint density at radius 1 is 1.18 bits per heavy atom. The Morgan fingerprint density at radius 3 is 2.54 bits per heavy atom. The highest BCUT2D eigenvalue weighted by molar-refractivity contribution is 5.85. The van der Waals surface area contributed by atoms with Crippen LogP contribution in [0.25, 0.3) is 5.57 Å². The van der Waals surface area contributed by atoms with Gasteiger partial charge in [-0.2, -0.15) is 0 Å². The summed E-state index contributed by atoms with van der Waals surface area (Å²) in [6.45, 7) is 0.248. The van der Waals surface area contributed by atoms with Crippen molar-refractivity contribution in [2.45, 2.75) is 5.60 Å². The van der Waals surface area contributed by atoms with Crippen LogP contribution in [0.5, 0.6) is 0 Å². The van der Waals surface area contributed by atoms with E-state index in [9.17, 15) is 14.3 Å². The second kappa shape index (κ2) is 10.1. The minimum Gasteiger partial charge on any atom is -0.478 e. The maximum absolute atomic E-state index is 13.6. The first-order valence-corrected chi connectivity index (χ1v) is 8.34. The zero-order valence-electron chi connectivity index (χ0n) is 15.5. The standard InChI is InChI=1S/C23H19FO4/c1-27-16-8-12-19(18-9-4-3-5-10-18)11-7-15-23(28-2,22(25)26)20-13-6-14-21(24)17-20/h3-6,9-11,13-14,17H,16H2,1-2H3,(H,25,26)/b19-11-. The van der Waals surface area contributed by atoms with Crippen LogP contribution < -0.4 is 0 Å². The third kappa shape index (κ3) is 5.08. The van der Waals surface area contributed by atoms with Crippen molar-refractivity contribution in [3.63, 3.8) is 0 Å². The third-order valence-electron chi connectivity index (χ3n) is 3.83. The van der Waals surface area contributed by atoms with Gasteiger partial charge in [-0.05, 0) is 23.6 Å². The molecule has 0 radical (unpaired) electrons. The van der Waals surface area contributed by atoms with Crippen LogP contribution in [-0.4, -0.2) is 31.9 Å². The Kier molecular flexibility index (Phi) is 7.54. The molecule has 5 heteroatoms. The molecule has 4 nitrogen and oxygen atoms in total. The number of carboxylic acids is 1. The fraction of sp³-hybridized carbons (Fsp3) is 0.174. The zero-order valence-corrected chi connectivity index (χ0v) is 15.5. The number of hydrogen-bond donors (Lipinski definition) is 1. The highest BCUT2D eigenvalue weighted by Gasteiger charge is 2.39. The van der Waals surface area contributed by atoms with Crippen molar-refractivity contribution in [2.24, 2.45) is 0 Å². The second-order valence-electron chi connectivity index (χ2n) is 5.63. The van der Waals surface area contributed by atoms with Gasteiger partial charge in [0.05, 0.1) is 0 Å². The zero-order chi connectivity index (χ0) is 20.4. The Morgan fingerprint density at radius 2 is 1.93 bits per heavy atom. The quantitative estimate of drug-likeness (QED) is 0.810. The summed E-state index contributed by atoms with van der Waals surface area (Å²) in [5, 5.41) is 9.71. The number of ether oxygens (including phenoxy) is 2. The third-order valence-corrected chi connectivity index (χ3v) is 3.83. The van der Waals surface area contributed by atoms with Crippen molar-refractivity contribution in [1.29, 1.82) is 0 Å². The number of carboxylic acid groups (broad SMARTS) is 1. The minimum absolute atomic E-state index is 0.0927. The van der Waals surface area contributed by atoms with Crippen molar-refractivity contribution < 1.29 is 23.8 Å². The molecule has 0 amide bonds. The lowest BCUT2D eigenvalue weighted by molar-refractivity contribution is -0.156. The van der Waals surface area contributed by atoms with Gasteiger partial charge in [0.2, 0.25) is 0 Å². The molecular formula is C23H19FO4. The molecule has 0 heterocycles. The van der Waals surface area contributed by atoms with Gasteiger partial charge in [0.15, 0.2) is 0 Å². The molecule has 2 aromatic rings. The van der Waals surface area contributed by atoms with Gasteiger partial charge in [0.25, 0.3) is 5.60 Å². The Hall–Kier alpha value is -3.38. The van der Waals surface area contributed by atoms with Gasteiger partial charge in [-0.25, -0.2) is 9.18 Å². The number of methoxy groups -OCH3 is 2. The summed E-state index contributed by atoms with van der Waals surface area (Å²) in [5.74, 6) is 9.21. The summed E-state index contributed by atoms with van der Waals surface area (Å²) in [5.41, 5.74) is -0.486. The van der Waals surface area contributed by atoms with E-state index in [1.165, 1.54) is 31.4 Å². The molecule has 28 heavy (non-hydrogen) atoms. The van der Waals surface area contributed by atoms with E-state index in [1.807, 2.05) is 30.3 Å². The van der Waals surface area contributed by atoms with Crippen LogP contribution in [0.15, 0.2) is 60.7 Å². The molecule has 0 fully saturated rings. The topological polar surface area (TPSA) is 55.8 Å². The second-order valence-corrected chi connectivity index (χ2v) is 5.63. The van der Waals surface area contributed by atoms with Crippen molar-refractivity contribution in [3.05, 3.63) is 77.6 Å². The summed E-state index contributed by atoms with van der Waals surface area (Å²) >= 11 is 0. The van der Waals surface area contributed by atoms with Gasteiger partial charge in [-0.1, -0.05) is 60.2 Å². The predicted octanol–water partition coefficient (Wildman–Crippen LogP) is 3.49. The fourth-order valence-corrected chi connectivity index (χ4v) is 2.44. The van der Waals surface area contributed by atoms with Gasteiger partial charge >= 0.3 is 5.97 Å². The van der Waals surface area contributed by atoms with E-state index in [0.29, 0.717) is 5.57 Å². The number of hydrogen-bond acceptors (Lipinski definition) is 3. The first kappa shape index (κ1) is 20.9. The molecule has 0 spiro atoms. The van der Waals surface area contributed by atoms with Crippen LogP contribution in [0.1, 0.15) is 11.1 Å². The fourth-order valence-electron chi connectivity index (χ4n) is 2.44. The minimum atomic E-state index is -2.00. The highest BCUT2D eigenvalue weighted by Crippen LogP contribution is 2.26. The normalized spacial score (nSPS) is 12.8. The highest BCUT2D eigenvalue weighted by atomic mass is 19.1. The lowest BCUT2D eigenvalue weighted by Crippen LogP contribution is -2.36. The molecule has 0 aromatic heterocycles. The van der Waals surface area contributed by atoms with Crippen molar-refractivity contribution in [2.75, 3.05) is 20.8 Å². The monoisotopic (exact) mass is 378 g/mol. The Labute approximate surface area is 163 Å². The molecule has 0 bridgehead atoms. The van der Waals surface area contributed by atoms with E-state index in [1.54, 1.807) is 7.11 Å². The van der Waals surface area contributed by atoms with E-state index in [0.717, 1.165) is 11.6 Å². The van der Waals surface area contributed by atoms with Gasteiger partial charge in [-0.3, -0.25) is 0 Å². The molecular weight excluding hydrogens is 359 g/mol. The van der Waals surface area contributed by atoms with Crippen molar-refractivity contribution in [3.8, 4) is 23.7 Å². The molecule has 0 aliphatic rings. The molecule has 2 rings (SSSR count). The first-order chi connectivity index (χ1) is 13.5. The number of allylic oxidation sites excluding steroid dienone is 2. The smallest absolute Gasteiger partial charge is 0.353 e. The van der Waals surface area contributed by atoms with Crippen LogP contribution in [-0.2, 0) is 19.9 Å². The van der Waals surface area contributed by atoms with Crippen LogP contribution in [0.4, 0.5) is 4.39 Å². The van der Waals surface area contributed by atoms with E-state index < -0.39 is 17.4 Å². The Bertz CT molecular complexity index is 974. The molecule has 142 valence electrons. The van der Waals surface area contributed by atoms with E-state index in [4.69, 9.17) is 9.47 Å². The van der Waals surface area contributed by atoms with Gasteiger partial charge < -0.3 is 14.6 Å². The van der Waals surface area contributed by atoms with Crippen LogP contribution in [0.2, 0.25) is 0 Å². The summed E-state index contributed by atoms with van der Waals surface area (Å²) in [7, 11) is 2.76. The Balaban J connectivity index is 2.52. The van der Waals surface area contributed by atoms with Crippen LogP contribution in [0, 0.1) is 29.5 Å². The average Bonchev–Trinajstić information content (AvgIpc) is 2.70. The lowest BCUT2D eigenvalue weighted by atomic mass is 9.94. The first-order valence-electron chi connectivity index (χ1n) is 8.34.